The van der Waals surface area contributed by atoms with Crippen molar-refractivity contribution in [2.75, 3.05) is 7.11 Å². The summed E-state index contributed by atoms with van der Waals surface area (Å²) in [5.74, 6) is 2.35. The summed E-state index contributed by atoms with van der Waals surface area (Å²) in [5.41, 5.74) is 2.98. The zero-order valence-corrected chi connectivity index (χ0v) is 16.3. The smallest absolute Gasteiger partial charge is 0.239 e. The highest BCUT2D eigenvalue weighted by Crippen LogP contribution is 2.22. The Morgan fingerprint density at radius 3 is 2.26 bits per heavy atom. The highest BCUT2D eigenvalue weighted by atomic mass is 35.5. The predicted molar refractivity (Wildman–Crippen MR) is 104 cm³/mol. The van der Waals surface area contributed by atoms with Crippen LogP contribution in [0.1, 0.15) is 29.2 Å². The van der Waals surface area contributed by atoms with E-state index < -0.39 is 0 Å². The third kappa shape index (κ3) is 5.14. The van der Waals surface area contributed by atoms with Gasteiger partial charge in [0.15, 0.2) is 0 Å². The van der Waals surface area contributed by atoms with Crippen LogP contribution < -0.4 is 9.47 Å². The molecule has 6 nitrogen and oxygen atoms in total. The molecular weight excluding hydrogens is 364 g/mol. The predicted octanol–water partition coefficient (Wildman–Crippen LogP) is 4.51. The molecule has 0 aliphatic carbocycles. The van der Waals surface area contributed by atoms with Crippen molar-refractivity contribution in [1.29, 1.82) is 0 Å². The van der Waals surface area contributed by atoms with Crippen molar-refractivity contribution in [3.63, 3.8) is 0 Å². The molecule has 3 aromatic rings. The second kappa shape index (κ2) is 8.77. The molecule has 1 aromatic carbocycles. The quantitative estimate of drug-likeness (QED) is 0.596. The molecule has 0 amide bonds. The van der Waals surface area contributed by atoms with Crippen molar-refractivity contribution in [2.45, 2.75) is 33.1 Å². The molecule has 0 N–H and O–H groups in total. The van der Waals surface area contributed by atoms with Crippen LogP contribution in [0.2, 0.25) is 5.02 Å². The summed E-state index contributed by atoms with van der Waals surface area (Å²) in [4.78, 5) is 8.73. The van der Waals surface area contributed by atoms with Gasteiger partial charge in [-0.2, -0.15) is 0 Å². The fraction of sp³-hybridized carbons (Fsp3) is 0.300. The molecule has 0 aliphatic rings. The maximum absolute atomic E-state index is 6.30. The lowest BCUT2D eigenvalue weighted by molar-refractivity contribution is 0.383. The van der Waals surface area contributed by atoms with Gasteiger partial charge in [0.1, 0.15) is 11.6 Å². The lowest BCUT2D eigenvalue weighted by Crippen LogP contribution is -2.01. The van der Waals surface area contributed by atoms with Gasteiger partial charge in [0.2, 0.25) is 11.8 Å². The molecule has 0 saturated heterocycles. The number of aryl methyl sites for hydroxylation is 4. The zero-order chi connectivity index (χ0) is 19.2. The number of methoxy groups -OCH3 is 1. The average Bonchev–Trinajstić information content (AvgIpc) is 2.67. The van der Waals surface area contributed by atoms with Crippen LogP contribution in [-0.4, -0.2) is 27.3 Å². The van der Waals surface area contributed by atoms with Gasteiger partial charge in [-0.1, -0.05) is 23.7 Å². The van der Waals surface area contributed by atoms with Gasteiger partial charge in [0, 0.05) is 12.1 Å². The van der Waals surface area contributed by atoms with Crippen LogP contribution in [0.15, 0.2) is 36.4 Å². The second-order valence-corrected chi connectivity index (χ2v) is 6.51. The van der Waals surface area contributed by atoms with Crippen molar-refractivity contribution >= 4 is 11.6 Å². The van der Waals surface area contributed by atoms with E-state index in [0.717, 1.165) is 36.5 Å². The summed E-state index contributed by atoms with van der Waals surface area (Å²) in [6.07, 6.45) is 2.71. The first-order valence-electron chi connectivity index (χ1n) is 8.69. The average molecular weight is 385 g/mol. The molecule has 3 rings (SSSR count). The van der Waals surface area contributed by atoms with E-state index in [-0.39, 0.29) is 0 Å². The van der Waals surface area contributed by atoms with E-state index in [1.165, 1.54) is 5.56 Å². The van der Waals surface area contributed by atoms with Crippen molar-refractivity contribution < 1.29 is 9.47 Å². The van der Waals surface area contributed by atoms with E-state index in [9.17, 15) is 0 Å². The largest absolute Gasteiger partial charge is 0.480 e. The van der Waals surface area contributed by atoms with Crippen LogP contribution in [0.25, 0.3) is 0 Å². The van der Waals surface area contributed by atoms with Crippen LogP contribution in [0, 0.1) is 13.8 Å². The molecule has 0 saturated carbocycles. The van der Waals surface area contributed by atoms with Crippen LogP contribution in [0.4, 0.5) is 0 Å². The van der Waals surface area contributed by atoms with Crippen molar-refractivity contribution in [2.24, 2.45) is 0 Å². The number of benzene rings is 1. The van der Waals surface area contributed by atoms with E-state index in [1.54, 1.807) is 19.2 Å². The van der Waals surface area contributed by atoms with Gasteiger partial charge in [-0.3, -0.25) is 0 Å². The third-order valence-corrected chi connectivity index (χ3v) is 4.54. The van der Waals surface area contributed by atoms with E-state index >= 15 is 0 Å². The van der Waals surface area contributed by atoms with Gasteiger partial charge in [0.25, 0.3) is 0 Å². The Hall–Kier alpha value is -2.73. The Balaban J connectivity index is 1.54. The number of aromatic nitrogens is 4. The molecule has 0 spiro atoms. The molecule has 2 aromatic heterocycles. The van der Waals surface area contributed by atoms with Gasteiger partial charge in [0.05, 0.1) is 23.5 Å². The fourth-order valence-electron chi connectivity index (χ4n) is 2.71. The minimum atomic E-state index is 0.424. The molecule has 140 valence electrons. The Bertz CT molecular complexity index is 899. The summed E-state index contributed by atoms with van der Waals surface area (Å²) >= 11 is 6.30. The number of nitrogens with zero attached hydrogens (tertiary/aromatic N) is 4. The number of hydrogen-bond acceptors (Lipinski definition) is 6. The number of rotatable bonds is 7. The second-order valence-electron chi connectivity index (χ2n) is 6.13. The van der Waals surface area contributed by atoms with Gasteiger partial charge >= 0.3 is 0 Å². The van der Waals surface area contributed by atoms with Crippen molar-refractivity contribution in [3.05, 3.63) is 64.2 Å². The Morgan fingerprint density at radius 2 is 1.59 bits per heavy atom. The molecule has 0 aliphatic heterocycles. The minimum absolute atomic E-state index is 0.424. The van der Waals surface area contributed by atoms with E-state index in [4.69, 9.17) is 21.1 Å². The Labute approximate surface area is 163 Å². The lowest BCUT2D eigenvalue weighted by atomic mass is 10.1. The lowest BCUT2D eigenvalue weighted by Gasteiger charge is -2.08. The summed E-state index contributed by atoms with van der Waals surface area (Å²) in [6.45, 7) is 3.80. The van der Waals surface area contributed by atoms with Gasteiger partial charge in [-0.05, 0) is 50.8 Å². The maximum Gasteiger partial charge on any atom is 0.239 e. The first-order valence-corrected chi connectivity index (χ1v) is 9.07. The molecule has 0 unspecified atom stereocenters. The van der Waals surface area contributed by atoms with Gasteiger partial charge in [-0.25, -0.2) is 9.97 Å². The number of ether oxygens (including phenoxy) is 2. The fourth-order valence-corrected chi connectivity index (χ4v) is 2.89. The van der Waals surface area contributed by atoms with E-state index in [1.807, 2.05) is 38.1 Å². The minimum Gasteiger partial charge on any atom is -0.480 e. The highest BCUT2D eigenvalue weighted by molar-refractivity contribution is 6.31. The monoisotopic (exact) mass is 384 g/mol. The van der Waals surface area contributed by atoms with Crippen LogP contribution >= 0.6 is 11.6 Å². The molecule has 0 atom stereocenters. The third-order valence-electron chi connectivity index (χ3n) is 4.05. The molecule has 0 fully saturated rings. The molecule has 0 bridgehead atoms. The zero-order valence-electron chi connectivity index (χ0n) is 15.6. The maximum atomic E-state index is 6.30. The van der Waals surface area contributed by atoms with Gasteiger partial charge < -0.3 is 9.47 Å². The van der Waals surface area contributed by atoms with Crippen LogP contribution in [-0.2, 0) is 12.8 Å². The highest BCUT2D eigenvalue weighted by Gasteiger charge is 2.08. The number of hydrogen-bond donors (Lipinski definition) is 0. The topological polar surface area (TPSA) is 70.0 Å². The molecule has 0 radical (unpaired) electrons. The van der Waals surface area contributed by atoms with Gasteiger partial charge in [-0.15, -0.1) is 10.2 Å². The molecular formula is C20H21ClN4O2. The summed E-state index contributed by atoms with van der Waals surface area (Å²) in [5, 5.41) is 8.50. The first-order chi connectivity index (χ1) is 13.0. The van der Waals surface area contributed by atoms with Crippen LogP contribution in [0.3, 0.4) is 0 Å². The standard InChI is InChI=1S/C20H21ClN4O2/c1-13-20(21)17(23-14(2)22-13)6-4-5-15-7-9-16(10-8-15)27-19-12-11-18(26-3)24-25-19/h7-12H,4-6H2,1-3H3. The molecule has 7 heteroatoms. The van der Waals surface area contributed by atoms with Crippen molar-refractivity contribution in [1.82, 2.24) is 20.2 Å². The first kappa shape index (κ1) is 19.0. The number of halogens is 1. The van der Waals surface area contributed by atoms with E-state index in [2.05, 4.69) is 20.2 Å². The normalized spacial score (nSPS) is 10.7. The molecule has 2 heterocycles. The summed E-state index contributed by atoms with van der Waals surface area (Å²) in [6, 6.07) is 11.4. The summed E-state index contributed by atoms with van der Waals surface area (Å²) in [7, 11) is 1.55. The Kier molecular flexibility index (Phi) is 6.19. The van der Waals surface area contributed by atoms with E-state index in [0.29, 0.717) is 22.5 Å². The Morgan fingerprint density at radius 1 is 0.889 bits per heavy atom. The van der Waals surface area contributed by atoms with Crippen LogP contribution in [0.5, 0.6) is 17.5 Å². The summed E-state index contributed by atoms with van der Waals surface area (Å²) < 4.78 is 10.7. The van der Waals surface area contributed by atoms with Crippen molar-refractivity contribution in [3.8, 4) is 17.5 Å². The SMILES string of the molecule is COc1ccc(Oc2ccc(CCCc3nc(C)nc(C)c3Cl)cc2)nn1. The molecule has 27 heavy (non-hydrogen) atoms.